The average Bonchev–Trinajstić information content (AvgIpc) is 2.51. The second-order valence-corrected chi connectivity index (χ2v) is 4.59. The Morgan fingerprint density at radius 3 is 2.62 bits per heavy atom. The third-order valence-corrected chi connectivity index (χ3v) is 3.09. The molecule has 3 aromatic rings. The van der Waals surface area contributed by atoms with Crippen LogP contribution in [0.5, 0.6) is 0 Å². The minimum atomic E-state index is -0.416. The minimum absolute atomic E-state index is 0.222. The molecular weight excluding hydrogens is 269 g/mol. The van der Waals surface area contributed by atoms with E-state index in [-0.39, 0.29) is 5.82 Å². The fourth-order valence-corrected chi connectivity index (χ4v) is 2.08. The van der Waals surface area contributed by atoms with E-state index < -0.39 is 5.82 Å². The number of hydrogen-bond donors (Lipinski definition) is 1. The molecule has 0 aliphatic heterocycles. The number of nitrogens with zero attached hydrogens (tertiary/aromatic N) is 4. The number of aromatic nitrogens is 4. The van der Waals surface area contributed by atoms with Gasteiger partial charge < -0.3 is 5.32 Å². The first-order valence-electron chi connectivity index (χ1n) is 6.68. The van der Waals surface area contributed by atoms with Crippen LogP contribution >= 0.6 is 0 Å². The lowest BCUT2D eigenvalue weighted by Gasteiger charge is -2.09. The summed E-state index contributed by atoms with van der Waals surface area (Å²) < 4.78 is 13.9. The molecule has 0 saturated heterocycles. The second kappa shape index (κ2) is 5.40. The molecule has 0 saturated carbocycles. The first-order valence-corrected chi connectivity index (χ1v) is 6.68. The predicted molar refractivity (Wildman–Crippen MR) is 79.4 cm³/mol. The van der Waals surface area contributed by atoms with Crippen molar-refractivity contribution in [3.63, 3.8) is 0 Å². The molecule has 3 rings (SSSR count). The third-order valence-electron chi connectivity index (χ3n) is 3.09. The monoisotopic (exact) mass is 283 g/mol. The van der Waals surface area contributed by atoms with Crippen molar-refractivity contribution in [2.24, 2.45) is 0 Å². The molecule has 0 radical (unpaired) electrons. The van der Waals surface area contributed by atoms with Gasteiger partial charge in [0.25, 0.3) is 0 Å². The summed E-state index contributed by atoms with van der Waals surface area (Å²) in [5.41, 5.74) is 2.65. The quantitative estimate of drug-likeness (QED) is 0.800. The van der Waals surface area contributed by atoms with Crippen molar-refractivity contribution in [3.8, 4) is 11.4 Å². The molecule has 0 amide bonds. The number of benzene rings is 1. The average molecular weight is 283 g/mol. The fourth-order valence-electron chi connectivity index (χ4n) is 2.08. The van der Waals surface area contributed by atoms with Crippen LogP contribution < -0.4 is 5.32 Å². The molecule has 106 valence electrons. The highest BCUT2D eigenvalue weighted by atomic mass is 19.1. The summed E-state index contributed by atoms with van der Waals surface area (Å²) in [4.78, 5) is 17.0. The molecule has 0 aliphatic carbocycles. The van der Waals surface area contributed by atoms with Crippen LogP contribution in [0.3, 0.4) is 0 Å². The molecule has 2 heterocycles. The van der Waals surface area contributed by atoms with E-state index in [4.69, 9.17) is 0 Å². The lowest BCUT2D eigenvalue weighted by Crippen LogP contribution is -2.06. The topological polar surface area (TPSA) is 63.6 Å². The van der Waals surface area contributed by atoms with Crippen LogP contribution in [0.25, 0.3) is 22.4 Å². The van der Waals surface area contributed by atoms with Gasteiger partial charge in [-0.25, -0.2) is 14.4 Å². The normalized spacial score (nSPS) is 10.8. The first kappa shape index (κ1) is 13.4. The summed E-state index contributed by atoms with van der Waals surface area (Å²) in [5.74, 6) is 0.276. The van der Waals surface area contributed by atoms with Crippen LogP contribution in [0.15, 0.2) is 30.6 Å². The Kier molecular flexibility index (Phi) is 3.43. The zero-order chi connectivity index (χ0) is 14.8. The van der Waals surface area contributed by atoms with Gasteiger partial charge in [-0.15, -0.1) is 0 Å². The van der Waals surface area contributed by atoms with Crippen LogP contribution in [-0.2, 0) is 0 Å². The number of hydrogen-bond acceptors (Lipinski definition) is 5. The Labute approximate surface area is 121 Å². The van der Waals surface area contributed by atoms with Crippen molar-refractivity contribution in [1.29, 1.82) is 0 Å². The Morgan fingerprint density at radius 2 is 1.86 bits per heavy atom. The molecule has 0 spiro atoms. The number of halogens is 1. The van der Waals surface area contributed by atoms with Crippen molar-refractivity contribution in [2.45, 2.75) is 13.8 Å². The molecule has 0 aliphatic rings. The van der Waals surface area contributed by atoms with Crippen LogP contribution in [0.4, 0.5) is 10.2 Å². The van der Waals surface area contributed by atoms with Crippen LogP contribution in [0.2, 0.25) is 0 Å². The van der Waals surface area contributed by atoms with Crippen molar-refractivity contribution >= 4 is 16.9 Å². The lowest BCUT2D eigenvalue weighted by molar-refractivity contribution is 0.606. The van der Waals surface area contributed by atoms with E-state index in [2.05, 4.69) is 25.3 Å². The van der Waals surface area contributed by atoms with Crippen molar-refractivity contribution in [1.82, 2.24) is 19.9 Å². The third kappa shape index (κ3) is 2.52. The molecular formula is C15H14FN5. The Morgan fingerprint density at radius 1 is 1.10 bits per heavy atom. The molecule has 1 aromatic carbocycles. The van der Waals surface area contributed by atoms with Crippen LogP contribution in [0, 0.1) is 12.7 Å². The number of aryl methyl sites for hydroxylation is 1. The maximum Gasteiger partial charge on any atom is 0.186 e. The van der Waals surface area contributed by atoms with E-state index >= 15 is 0 Å². The molecule has 5 nitrogen and oxygen atoms in total. The van der Waals surface area contributed by atoms with Crippen molar-refractivity contribution in [2.75, 3.05) is 11.9 Å². The molecule has 0 unspecified atom stereocenters. The summed E-state index contributed by atoms with van der Waals surface area (Å²) in [7, 11) is 0. The standard InChI is InChI=1S/C15H14FN5/c1-3-17-15-13(16)9(2)20-14(21-15)10-4-5-11-12(8-10)19-7-6-18-11/h4-8H,3H2,1-2H3,(H,17,20,21). The summed E-state index contributed by atoms with van der Waals surface area (Å²) in [6, 6.07) is 5.57. The van der Waals surface area contributed by atoms with Gasteiger partial charge in [0.15, 0.2) is 17.5 Å². The van der Waals surface area contributed by atoms with E-state index in [0.717, 1.165) is 16.6 Å². The Hall–Kier alpha value is -2.63. The molecule has 2 aromatic heterocycles. The van der Waals surface area contributed by atoms with Gasteiger partial charge in [-0.05, 0) is 32.0 Å². The van der Waals surface area contributed by atoms with E-state index in [9.17, 15) is 4.39 Å². The Bertz CT molecular complexity index is 803. The molecule has 0 bridgehead atoms. The largest absolute Gasteiger partial charge is 0.368 e. The van der Waals surface area contributed by atoms with Gasteiger partial charge in [0.05, 0.1) is 16.7 Å². The highest BCUT2D eigenvalue weighted by Gasteiger charge is 2.12. The summed E-state index contributed by atoms with van der Waals surface area (Å²) in [6.07, 6.45) is 3.27. The van der Waals surface area contributed by atoms with Gasteiger partial charge in [-0.1, -0.05) is 0 Å². The van der Waals surface area contributed by atoms with Gasteiger partial charge in [0.1, 0.15) is 0 Å². The van der Waals surface area contributed by atoms with E-state index in [1.807, 2.05) is 25.1 Å². The van der Waals surface area contributed by atoms with E-state index in [0.29, 0.717) is 18.1 Å². The lowest BCUT2D eigenvalue weighted by atomic mass is 10.1. The van der Waals surface area contributed by atoms with Gasteiger partial charge in [0.2, 0.25) is 0 Å². The zero-order valence-electron chi connectivity index (χ0n) is 11.8. The number of fused-ring (bicyclic) bond motifs is 1. The summed E-state index contributed by atoms with van der Waals surface area (Å²) >= 11 is 0. The second-order valence-electron chi connectivity index (χ2n) is 4.59. The van der Waals surface area contributed by atoms with Gasteiger partial charge in [0, 0.05) is 24.5 Å². The van der Waals surface area contributed by atoms with Crippen molar-refractivity contribution < 1.29 is 4.39 Å². The van der Waals surface area contributed by atoms with E-state index in [1.54, 1.807) is 19.3 Å². The summed E-state index contributed by atoms with van der Waals surface area (Å²) in [5, 5.41) is 2.91. The number of rotatable bonds is 3. The Balaban J connectivity index is 2.13. The van der Waals surface area contributed by atoms with Gasteiger partial charge >= 0.3 is 0 Å². The molecule has 0 atom stereocenters. The van der Waals surface area contributed by atoms with Gasteiger partial charge in [-0.3, -0.25) is 9.97 Å². The maximum absolute atomic E-state index is 13.9. The fraction of sp³-hybridized carbons (Fsp3) is 0.200. The number of anilines is 1. The predicted octanol–water partition coefficient (Wildman–Crippen LogP) is 2.97. The number of nitrogens with one attached hydrogen (secondary N) is 1. The molecule has 6 heteroatoms. The summed E-state index contributed by atoms with van der Waals surface area (Å²) in [6.45, 7) is 4.11. The minimum Gasteiger partial charge on any atom is -0.368 e. The smallest absolute Gasteiger partial charge is 0.186 e. The first-order chi connectivity index (χ1) is 10.2. The molecule has 0 fully saturated rings. The highest BCUT2D eigenvalue weighted by Crippen LogP contribution is 2.23. The van der Waals surface area contributed by atoms with E-state index in [1.165, 1.54) is 0 Å². The molecule has 21 heavy (non-hydrogen) atoms. The van der Waals surface area contributed by atoms with Crippen LogP contribution in [-0.4, -0.2) is 26.5 Å². The van der Waals surface area contributed by atoms with Crippen molar-refractivity contribution in [3.05, 3.63) is 42.1 Å². The van der Waals surface area contributed by atoms with Gasteiger partial charge in [-0.2, -0.15) is 0 Å². The zero-order valence-corrected chi connectivity index (χ0v) is 11.8. The van der Waals surface area contributed by atoms with Crippen LogP contribution in [0.1, 0.15) is 12.6 Å². The highest BCUT2D eigenvalue weighted by molar-refractivity contribution is 5.79. The maximum atomic E-state index is 13.9. The SMILES string of the molecule is CCNc1nc(-c2ccc3nccnc3c2)nc(C)c1F. The molecule has 1 N–H and O–H groups in total.